The number of hydrogen-bond donors (Lipinski definition) is 1. The summed E-state index contributed by atoms with van der Waals surface area (Å²) in [4.78, 5) is 0. The lowest BCUT2D eigenvalue weighted by atomic mass is 10.1. The molecule has 2 rings (SSSR count). The van der Waals surface area contributed by atoms with Gasteiger partial charge in [-0.1, -0.05) is 0 Å². The molecule has 92 valence electrons. The van der Waals surface area contributed by atoms with Gasteiger partial charge in [-0.25, -0.2) is 0 Å². The summed E-state index contributed by atoms with van der Waals surface area (Å²) >= 11 is 3.48. The molecule has 2 N–H and O–H groups in total. The lowest BCUT2D eigenvalue weighted by Gasteiger charge is -2.14. The van der Waals surface area contributed by atoms with Crippen LogP contribution in [0, 0.1) is 6.92 Å². The second-order valence-corrected chi connectivity index (χ2v) is 4.86. The molecule has 2 aromatic heterocycles. The Morgan fingerprint density at radius 1 is 1.53 bits per heavy atom. The van der Waals surface area contributed by atoms with Crippen molar-refractivity contribution in [2.24, 2.45) is 12.8 Å². The topological polar surface area (TPSA) is 61.7 Å². The lowest BCUT2D eigenvalue weighted by molar-refractivity contribution is 0.575. The van der Waals surface area contributed by atoms with Gasteiger partial charge < -0.3 is 5.73 Å². The van der Waals surface area contributed by atoms with Gasteiger partial charge in [0.2, 0.25) is 0 Å². The predicted octanol–water partition coefficient (Wildman–Crippen LogP) is 1.76. The Hall–Kier alpha value is -1.14. The van der Waals surface area contributed by atoms with Crippen molar-refractivity contribution in [2.75, 3.05) is 0 Å². The van der Waals surface area contributed by atoms with Gasteiger partial charge in [-0.2, -0.15) is 10.2 Å². The maximum absolute atomic E-state index is 6.30. The number of aryl methyl sites for hydroxylation is 3. The largest absolute Gasteiger partial charge is 0.318 e. The van der Waals surface area contributed by atoms with Crippen LogP contribution in [0.15, 0.2) is 16.7 Å². The fourth-order valence-electron chi connectivity index (χ4n) is 1.98. The predicted molar refractivity (Wildman–Crippen MR) is 69.6 cm³/mol. The molecular weight excluding hydrogens is 282 g/mol. The summed E-state index contributed by atoms with van der Waals surface area (Å²) < 4.78 is 4.64. The molecule has 0 radical (unpaired) electrons. The van der Waals surface area contributed by atoms with E-state index in [0.29, 0.717) is 0 Å². The molecule has 17 heavy (non-hydrogen) atoms. The summed E-state index contributed by atoms with van der Waals surface area (Å²) in [5.41, 5.74) is 9.25. The molecule has 0 aliphatic rings. The maximum Gasteiger partial charge on any atom is 0.0905 e. The summed E-state index contributed by atoms with van der Waals surface area (Å²) in [7, 11) is 1.89. The number of nitrogens with two attached hydrogens (primary N) is 1. The van der Waals surface area contributed by atoms with E-state index in [1.165, 1.54) is 0 Å². The fraction of sp³-hybridized carbons (Fsp3) is 0.455. The van der Waals surface area contributed by atoms with E-state index in [1.54, 1.807) is 10.9 Å². The van der Waals surface area contributed by atoms with E-state index in [4.69, 9.17) is 5.73 Å². The van der Waals surface area contributed by atoms with Crippen LogP contribution in [0.1, 0.15) is 30.0 Å². The zero-order chi connectivity index (χ0) is 12.6. The van der Waals surface area contributed by atoms with E-state index in [1.807, 2.05) is 24.7 Å². The Morgan fingerprint density at radius 3 is 2.76 bits per heavy atom. The Labute approximate surface area is 109 Å². The Bertz CT molecular complexity index is 508. The van der Waals surface area contributed by atoms with Gasteiger partial charge in [0.05, 0.1) is 33.8 Å². The highest BCUT2D eigenvalue weighted by atomic mass is 79.9. The van der Waals surface area contributed by atoms with E-state index in [2.05, 4.69) is 33.1 Å². The zero-order valence-corrected chi connectivity index (χ0v) is 11.8. The fourth-order valence-corrected chi connectivity index (χ4v) is 2.57. The summed E-state index contributed by atoms with van der Waals surface area (Å²) in [6.45, 7) is 4.84. The minimum absolute atomic E-state index is 0.224. The molecular formula is C11H16BrN5. The molecule has 0 saturated carbocycles. The van der Waals surface area contributed by atoms with Crippen molar-refractivity contribution >= 4 is 15.9 Å². The second kappa shape index (κ2) is 4.62. The van der Waals surface area contributed by atoms with Crippen LogP contribution in [0.5, 0.6) is 0 Å². The molecule has 0 fully saturated rings. The normalized spacial score (nSPS) is 13.0. The van der Waals surface area contributed by atoms with Gasteiger partial charge in [0.15, 0.2) is 0 Å². The van der Waals surface area contributed by atoms with Gasteiger partial charge in [0.1, 0.15) is 0 Å². The minimum Gasteiger partial charge on any atom is -0.318 e. The van der Waals surface area contributed by atoms with Crippen molar-refractivity contribution in [3.8, 4) is 0 Å². The molecule has 0 aliphatic carbocycles. The van der Waals surface area contributed by atoms with Gasteiger partial charge in [-0.3, -0.25) is 9.36 Å². The summed E-state index contributed by atoms with van der Waals surface area (Å²) in [6, 6.07) is 1.80. The monoisotopic (exact) mass is 297 g/mol. The van der Waals surface area contributed by atoms with Gasteiger partial charge in [-0.15, -0.1) is 0 Å². The van der Waals surface area contributed by atoms with E-state index in [-0.39, 0.29) is 6.04 Å². The Morgan fingerprint density at radius 2 is 2.24 bits per heavy atom. The van der Waals surface area contributed by atoms with Gasteiger partial charge in [-0.05, 0) is 35.8 Å². The number of rotatable bonds is 3. The van der Waals surface area contributed by atoms with Crippen LogP contribution in [-0.2, 0) is 13.6 Å². The first-order valence-electron chi connectivity index (χ1n) is 5.52. The molecule has 2 aromatic rings. The standard InChI is InChI=1S/C11H16BrN5/c1-4-17-9(5-7(2)15-17)10(13)11-8(12)6-14-16(11)3/h5-6,10H,4,13H2,1-3H3. The van der Waals surface area contributed by atoms with E-state index >= 15 is 0 Å². The van der Waals surface area contributed by atoms with Gasteiger partial charge in [0.25, 0.3) is 0 Å². The van der Waals surface area contributed by atoms with Crippen LogP contribution in [0.3, 0.4) is 0 Å². The summed E-state index contributed by atoms with van der Waals surface area (Å²) in [6.07, 6.45) is 1.76. The second-order valence-electron chi connectivity index (χ2n) is 4.01. The third kappa shape index (κ3) is 2.14. The highest BCUT2D eigenvalue weighted by Crippen LogP contribution is 2.26. The van der Waals surface area contributed by atoms with Crippen molar-refractivity contribution in [1.29, 1.82) is 0 Å². The third-order valence-corrected chi connectivity index (χ3v) is 3.39. The lowest BCUT2D eigenvalue weighted by Crippen LogP contribution is -2.20. The molecule has 0 bridgehead atoms. The van der Waals surface area contributed by atoms with Crippen LogP contribution < -0.4 is 5.73 Å². The van der Waals surface area contributed by atoms with Crippen LogP contribution in [0.2, 0.25) is 0 Å². The van der Waals surface area contributed by atoms with Gasteiger partial charge >= 0.3 is 0 Å². The van der Waals surface area contributed by atoms with Gasteiger partial charge in [0, 0.05) is 13.6 Å². The first kappa shape index (κ1) is 12.3. The zero-order valence-electron chi connectivity index (χ0n) is 10.2. The van der Waals surface area contributed by atoms with Crippen LogP contribution in [0.4, 0.5) is 0 Å². The molecule has 6 heteroatoms. The van der Waals surface area contributed by atoms with Crippen molar-refractivity contribution in [2.45, 2.75) is 26.4 Å². The molecule has 1 atom stereocenters. The average Bonchev–Trinajstić information content (AvgIpc) is 2.82. The molecule has 1 unspecified atom stereocenters. The average molecular weight is 298 g/mol. The highest BCUT2D eigenvalue weighted by molar-refractivity contribution is 9.10. The first-order valence-corrected chi connectivity index (χ1v) is 6.31. The van der Waals surface area contributed by atoms with Crippen LogP contribution in [0.25, 0.3) is 0 Å². The molecule has 0 aromatic carbocycles. The number of hydrogen-bond acceptors (Lipinski definition) is 3. The number of halogens is 1. The van der Waals surface area contributed by atoms with Crippen molar-refractivity contribution in [3.63, 3.8) is 0 Å². The molecule has 0 spiro atoms. The van der Waals surface area contributed by atoms with Crippen molar-refractivity contribution < 1.29 is 0 Å². The highest BCUT2D eigenvalue weighted by Gasteiger charge is 2.20. The van der Waals surface area contributed by atoms with E-state index < -0.39 is 0 Å². The summed E-state index contributed by atoms with van der Waals surface area (Å²) in [5.74, 6) is 0. The van der Waals surface area contributed by atoms with Crippen molar-refractivity contribution in [1.82, 2.24) is 19.6 Å². The van der Waals surface area contributed by atoms with Crippen LogP contribution in [-0.4, -0.2) is 19.6 Å². The third-order valence-electron chi connectivity index (χ3n) is 2.78. The number of nitrogens with zero attached hydrogens (tertiary/aromatic N) is 4. The number of aromatic nitrogens is 4. The maximum atomic E-state index is 6.30. The molecule has 0 aliphatic heterocycles. The SMILES string of the molecule is CCn1nc(C)cc1C(N)c1c(Br)cnn1C. The molecule has 0 saturated heterocycles. The van der Waals surface area contributed by atoms with Crippen molar-refractivity contribution in [3.05, 3.63) is 33.8 Å². The first-order chi connectivity index (χ1) is 8.04. The minimum atomic E-state index is -0.224. The molecule has 5 nitrogen and oxygen atoms in total. The van der Waals surface area contributed by atoms with E-state index in [0.717, 1.165) is 28.1 Å². The Kier molecular flexibility index (Phi) is 3.35. The van der Waals surface area contributed by atoms with E-state index in [9.17, 15) is 0 Å². The molecule has 0 amide bonds. The molecule has 2 heterocycles. The van der Waals surface area contributed by atoms with Crippen LogP contribution >= 0.6 is 15.9 Å². The Balaban J connectivity index is 2.46. The quantitative estimate of drug-likeness (QED) is 0.939. The summed E-state index contributed by atoms with van der Waals surface area (Å²) in [5, 5.41) is 8.60. The smallest absolute Gasteiger partial charge is 0.0905 e.